The van der Waals surface area contributed by atoms with Crippen LogP contribution in [-0.2, 0) is 22.1 Å². The molecule has 5 nitrogen and oxygen atoms in total. The van der Waals surface area contributed by atoms with Gasteiger partial charge in [0.15, 0.2) is 0 Å². The van der Waals surface area contributed by atoms with Gasteiger partial charge >= 0.3 is 5.97 Å². The standard InChI is InChI=1S/C25H36O5S3/c1-3-4-5-14-22(28-31)15-9-8-12-20-11-6-7-13-21(20)18-19-24(30-33)23(29-32)16-10-17-25(26)27-2/h6-9,11-13,15,18-19,22-24,31-33H,3-5,10,14,16-17H2,1-2H3/b12-8+,15-9+,19-18+/t22-,23+,24-/m1/s1. The van der Waals surface area contributed by atoms with Crippen LogP contribution in [0, 0.1) is 0 Å². The zero-order chi connectivity index (χ0) is 24.3. The molecule has 0 N–H and O–H groups in total. The van der Waals surface area contributed by atoms with E-state index in [-0.39, 0.29) is 18.2 Å². The van der Waals surface area contributed by atoms with Gasteiger partial charge in [-0.3, -0.25) is 4.79 Å². The molecule has 0 aliphatic heterocycles. The minimum absolute atomic E-state index is 0.00492. The predicted molar refractivity (Wildman–Crippen MR) is 145 cm³/mol. The van der Waals surface area contributed by atoms with Gasteiger partial charge in [0, 0.05) is 6.42 Å². The summed E-state index contributed by atoms with van der Waals surface area (Å²) < 4.78 is 20.5. The first kappa shape index (κ1) is 29.9. The number of allylic oxidation sites excluding steroid dienone is 2. The molecule has 0 bridgehead atoms. The molecule has 0 aliphatic carbocycles. The van der Waals surface area contributed by atoms with Crippen molar-refractivity contribution < 1.29 is 22.1 Å². The second-order valence-electron chi connectivity index (χ2n) is 7.55. The number of thiol groups is 3. The molecule has 0 aliphatic rings. The molecule has 0 heterocycles. The van der Waals surface area contributed by atoms with Crippen LogP contribution < -0.4 is 0 Å². The molecular formula is C25H36O5S3. The second-order valence-corrected chi connectivity index (χ2v) is 8.19. The molecule has 3 atom stereocenters. The maximum absolute atomic E-state index is 11.3. The summed E-state index contributed by atoms with van der Waals surface area (Å²) in [6.45, 7) is 2.18. The highest BCUT2D eigenvalue weighted by molar-refractivity contribution is 7.75. The van der Waals surface area contributed by atoms with Gasteiger partial charge in [-0.15, -0.1) is 0 Å². The van der Waals surface area contributed by atoms with Gasteiger partial charge in [0.2, 0.25) is 0 Å². The summed E-state index contributed by atoms with van der Waals surface area (Å²) in [5, 5.41) is 0. The van der Waals surface area contributed by atoms with E-state index in [0.717, 1.165) is 24.0 Å². The lowest BCUT2D eigenvalue weighted by Gasteiger charge is -2.20. The molecule has 0 spiro atoms. The van der Waals surface area contributed by atoms with Gasteiger partial charge in [-0.05, 0) is 69.1 Å². The van der Waals surface area contributed by atoms with E-state index >= 15 is 0 Å². The molecule has 1 aromatic carbocycles. The summed E-state index contributed by atoms with van der Waals surface area (Å²) in [6.07, 6.45) is 17.0. The van der Waals surface area contributed by atoms with Crippen molar-refractivity contribution in [1.82, 2.24) is 0 Å². The predicted octanol–water partition coefficient (Wildman–Crippen LogP) is 6.88. The van der Waals surface area contributed by atoms with Crippen molar-refractivity contribution in [3.63, 3.8) is 0 Å². The van der Waals surface area contributed by atoms with E-state index < -0.39 is 6.10 Å². The molecule has 0 saturated heterocycles. The Hall–Kier alpha value is -1.16. The Kier molecular flexibility index (Phi) is 17.4. The third-order valence-corrected chi connectivity index (χ3v) is 5.91. The number of unbranched alkanes of at least 4 members (excludes halogenated alkanes) is 2. The Morgan fingerprint density at radius 2 is 1.64 bits per heavy atom. The van der Waals surface area contributed by atoms with Crippen LogP contribution in [0.25, 0.3) is 12.2 Å². The Balaban J connectivity index is 2.78. The SMILES string of the molecule is CCCCC[C@H](/C=C/C=C/c1ccccc1/C=C/[C@@H](OS)[C@H](CCCC(=O)OC)OS)OS. The Morgan fingerprint density at radius 1 is 0.909 bits per heavy atom. The highest BCUT2D eigenvalue weighted by Crippen LogP contribution is 2.20. The van der Waals surface area contributed by atoms with E-state index in [1.165, 1.54) is 20.0 Å². The number of hydrogen-bond acceptors (Lipinski definition) is 8. The summed E-state index contributed by atoms with van der Waals surface area (Å²) in [7, 11) is 1.37. The van der Waals surface area contributed by atoms with Crippen molar-refractivity contribution in [3.8, 4) is 0 Å². The molecule has 0 unspecified atom stereocenters. The summed E-state index contributed by atoms with van der Waals surface area (Å²) in [5.74, 6) is -0.255. The Bertz CT molecular complexity index is 751. The fourth-order valence-corrected chi connectivity index (χ4v) is 3.80. The van der Waals surface area contributed by atoms with E-state index in [2.05, 4.69) is 50.4 Å². The minimum atomic E-state index is -0.433. The molecule has 0 radical (unpaired) electrons. The fraction of sp³-hybridized carbons (Fsp3) is 0.480. The number of benzene rings is 1. The zero-order valence-corrected chi connectivity index (χ0v) is 22.0. The van der Waals surface area contributed by atoms with Crippen molar-refractivity contribution in [3.05, 3.63) is 59.7 Å². The molecular weight excluding hydrogens is 476 g/mol. The van der Waals surface area contributed by atoms with Crippen LogP contribution in [0.15, 0.2) is 48.6 Å². The molecule has 0 saturated carbocycles. The van der Waals surface area contributed by atoms with Crippen LogP contribution >= 0.6 is 38.7 Å². The van der Waals surface area contributed by atoms with Crippen molar-refractivity contribution in [2.45, 2.75) is 70.2 Å². The van der Waals surface area contributed by atoms with E-state index in [4.69, 9.17) is 12.5 Å². The fourth-order valence-electron chi connectivity index (χ4n) is 3.19. The van der Waals surface area contributed by atoms with Crippen LogP contribution in [0.5, 0.6) is 0 Å². The summed E-state index contributed by atoms with van der Waals surface area (Å²) in [4.78, 5) is 11.3. The molecule has 0 fully saturated rings. The van der Waals surface area contributed by atoms with Gasteiger partial charge in [0.25, 0.3) is 0 Å². The van der Waals surface area contributed by atoms with Crippen LogP contribution in [0.4, 0.5) is 0 Å². The van der Waals surface area contributed by atoms with Crippen molar-refractivity contribution in [1.29, 1.82) is 0 Å². The van der Waals surface area contributed by atoms with Gasteiger partial charge in [-0.1, -0.05) is 86.9 Å². The summed E-state index contributed by atoms with van der Waals surface area (Å²) >= 11 is 11.9. The average molecular weight is 513 g/mol. The Morgan fingerprint density at radius 3 is 2.24 bits per heavy atom. The molecule has 184 valence electrons. The molecule has 0 aromatic heterocycles. The lowest BCUT2D eigenvalue weighted by molar-refractivity contribution is -0.140. The number of carbonyl (C=O) groups is 1. The van der Waals surface area contributed by atoms with Gasteiger partial charge < -0.3 is 17.3 Å². The van der Waals surface area contributed by atoms with Gasteiger partial charge in [-0.25, -0.2) is 0 Å². The maximum atomic E-state index is 11.3. The normalized spacial score (nSPS) is 14.8. The monoisotopic (exact) mass is 512 g/mol. The highest BCUT2D eigenvalue weighted by atomic mass is 32.1. The molecule has 33 heavy (non-hydrogen) atoms. The largest absolute Gasteiger partial charge is 0.469 e. The van der Waals surface area contributed by atoms with E-state index in [1.54, 1.807) is 0 Å². The van der Waals surface area contributed by atoms with Crippen molar-refractivity contribution in [2.24, 2.45) is 0 Å². The van der Waals surface area contributed by atoms with Crippen molar-refractivity contribution >= 4 is 56.9 Å². The lowest BCUT2D eigenvalue weighted by Crippen LogP contribution is -2.25. The first-order chi connectivity index (χ1) is 16.1. The Labute approximate surface area is 215 Å². The van der Waals surface area contributed by atoms with E-state index in [1.807, 2.05) is 60.7 Å². The number of rotatable bonds is 17. The highest BCUT2D eigenvalue weighted by Gasteiger charge is 2.20. The van der Waals surface area contributed by atoms with Crippen LogP contribution in [-0.4, -0.2) is 31.4 Å². The minimum Gasteiger partial charge on any atom is -0.469 e. The number of hydrogen-bond donors (Lipinski definition) is 3. The summed E-state index contributed by atoms with van der Waals surface area (Å²) in [5.41, 5.74) is 2.08. The van der Waals surface area contributed by atoms with Gasteiger partial charge in [0.05, 0.1) is 13.2 Å². The van der Waals surface area contributed by atoms with E-state index in [9.17, 15) is 4.79 Å². The van der Waals surface area contributed by atoms with Crippen LogP contribution in [0.1, 0.15) is 63.0 Å². The first-order valence-electron chi connectivity index (χ1n) is 11.2. The lowest BCUT2D eigenvalue weighted by atomic mass is 10.0. The molecule has 1 aromatic rings. The average Bonchev–Trinajstić information content (AvgIpc) is 2.85. The quantitative estimate of drug-likeness (QED) is 0.0698. The van der Waals surface area contributed by atoms with Crippen molar-refractivity contribution in [2.75, 3.05) is 7.11 Å². The third-order valence-electron chi connectivity index (χ3n) is 5.12. The first-order valence-corrected chi connectivity index (χ1v) is 12.3. The molecule has 1 rings (SSSR count). The van der Waals surface area contributed by atoms with E-state index in [0.29, 0.717) is 19.3 Å². The van der Waals surface area contributed by atoms with Crippen LogP contribution in [0.3, 0.4) is 0 Å². The molecule has 0 amide bonds. The van der Waals surface area contributed by atoms with Gasteiger partial charge in [0.1, 0.15) is 12.2 Å². The second kappa shape index (κ2) is 19.2. The zero-order valence-electron chi connectivity index (χ0n) is 19.3. The number of carbonyl (C=O) groups excluding carboxylic acids is 1. The number of ether oxygens (including phenoxy) is 1. The smallest absolute Gasteiger partial charge is 0.305 e. The maximum Gasteiger partial charge on any atom is 0.305 e. The summed E-state index contributed by atoms with van der Waals surface area (Å²) in [6, 6.07) is 8.03. The van der Waals surface area contributed by atoms with Crippen LogP contribution in [0.2, 0.25) is 0 Å². The van der Waals surface area contributed by atoms with Gasteiger partial charge in [-0.2, -0.15) is 0 Å². The third kappa shape index (κ3) is 12.8. The molecule has 8 heteroatoms. The number of esters is 1. The topological polar surface area (TPSA) is 54.0 Å². The number of methoxy groups -OCH3 is 1.